The van der Waals surface area contributed by atoms with Crippen LogP contribution in [0, 0.1) is 0 Å². The summed E-state index contributed by atoms with van der Waals surface area (Å²) in [5.74, 6) is 0.267. The second-order valence-corrected chi connectivity index (χ2v) is 6.84. The van der Waals surface area contributed by atoms with Gasteiger partial charge in [-0.25, -0.2) is 4.79 Å². The lowest BCUT2D eigenvalue weighted by Crippen LogP contribution is -2.41. The van der Waals surface area contributed by atoms with Crippen molar-refractivity contribution in [3.05, 3.63) is 29.8 Å². The van der Waals surface area contributed by atoms with Crippen molar-refractivity contribution in [1.29, 1.82) is 0 Å². The van der Waals surface area contributed by atoms with Gasteiger partial charge in [-0.05, 0) is 64.3 Å². The van der Waals surface area contributed by atoms with E-state index < -0.39 is 5.60 Å². The van der Waals surface area contributed by atoms with Crippen molar-refractivity contribution in [2.45, 2.75) is 51.2 Å². The first-order valence-corrected chi connectivity index (χ1v) is 7.82. The van der Waals surface area contributed by atoms with E-state index in [9.17, 15) is 9.90 Å². The summed E-state index contributed by atoms with van der Waals surface area (Å²) in [5, 5.41) is 15.8. The molecule has 0 saturated carbocycles. The normalized spacial score (nSPS) is 21.6. The van der Waals surface area contributed by atoms with E-state index in [1.54, 1.807) is 12.1 Å². The third kappa shape index (κ3) is 4.37. The molecule has 1 aromatic carbocycles. The Kier molecular flexibility index (Phi) is 4.96. The van der Waals surface area contributed by atoms with Gasteiger partial charge in [-0.3, -0.25) is 0 Å². The van der Waals surface area contributed by atoms with Crippen LogP contribution in [0.5, 0.6) is 5.75 Å². The van der Waals surface area contributed by atoms with Crippen molar-refractivity contribution >= 4 is 6.09 Å². The maximum Gasteiger partial charge on any atom is 0.407 e. The van der Waals surface area contributed by atoms with Gasteiger partial charge in [0, 0.05) is 12.1 Å². The number of hydrogen-bond donors (Lipinski definition) is 3. The number of ether oxygens (including phenoxy) is 1. The predicted molar refractivity (Wildman–Crippen MR) is 85.9 cm³/mol. The molecule has 1 heterocycles. The number of carbonyl (C=O) groups is 1. The molecule has 2 rings (SSSR count). The number of aromatic hydroxyl groups is 1. The maximum atomic E-state index is 11.7. The zero-order valence-corrected chi connectivity index (χ0v) is 13.6. The molecular weight excluding hydrogens is 280 g/mol. The molecule has 122 valence electrons. The van der Waals surface area contributed by atoms with Crippen LogP contribution in [0.15, 0.2) is 24.3 Å². The summed E-state index contributed by atoms with van der Waals surface area (Å²) in [6.07, 6.45) is 2.53. The highest BCUT2D eigenvalue weighted by atomic mass is 16.6. The van der Waals surface area contributed by atoms with Gasteiger partial charge in [-0.2, -0.15) is 0 Å². The molecule has 5 heteroatoms. The molecule has 1 aliphatic rings. The molecule has 3 N–H and O–H groups in total. The van der Waals surface area contributed by atoms with Crippen LogP contribution in [0.4, 0.5) is 4.79 Å². The van der Waals surface area contributed by atoms with Crippen LogP contribution in [-0.4, -0.2) is 29.9 Å². The Hall–Kier alpha value is -1.75. The maximum absolute atomic E-state index is 11.7. The van der Waals surface area contributed by atoms with Gasteiger partial charge in [-0.15, -0.1) is 0 Å². The molecular formula is C17H26N2O3. The largest absolute Gasteiger partial charge is 0.508 e. The zero-order valence-electron chi connectivity index (χ0n) is 13.6. The van der Waals surface area contributed by atoms with Crippen molar-refractivity contribution in [2.75, 3.05) is 13.1 Å². The second kappa shape index (κ2) is 6.57. The highest BCUT2D eigenvalue weighted by Gasteiger charge is 2.34. The number of hydrogen-bond acceptors (Lipinski definition) is 4. The fraction of sp³-hybridized carbons (Fsp3) is 0.588. The number of phenolic OH excluding ortho intramolecular Hbond substituents is 1. The zero-order chi connectivity index (χ0) is 16.2. The molecule has 0 spiro atoms. The highest BCUT2D eigenvalue weighted by Crippen LogP contribution is 2.34. The summed E-state index contributed by atoms with van der Waals surface area (Å²) in [6.45, 7) is 7.06. The summed E-state index contributed by atoms with van der Waals surface area (Å²) in [4.78, 5) is 11.7. The molecule has 5 nitrogen and oxygen atoms in total. The minimum atomic E-state index is -0.482. The molecule has 0 bridgehead atoms. The number of rotatable bonds is 4. The van der Waals surface area contributed by atoms with Crippen LogP contribution in [0.1, 0.15) is 45.6 Å². The molecule has 0 aromatic heterocycles. The number of carbonyl (C=O) groups excluding carboxylic acids is 1. The summed E-state index contributed by atoms with van der Waals surface area (Å²) >= 11 is 0. The van der Waals surface area contributed by atoms with Gasteiger partial charge in [0.15, 0.2) is 0 Å². The number of phenols is 1. The minimum Gasteiger partial charge on any atom is -0.508 e. The van der Waals surface area contributed by atoms with Crippen molar-refractivity contribution < 1.29 is 14.6 Å². The Bertz CT molecular complexity index is 500. The standard InChI is InChI=1S/C17H26N2O3/c1-16(2,3)22-15(21)18-12-10-17(9-4-11-19-17)13-5-7-14(20)8-6-13/h5-8,19-20H,4,9-12H2,1-3H3,(H,18,21). The number of alkyl carbamates (subject to hydrolysis) is 1. The number of benzene rings is 1. The van der Waals surface area contributed by atoms with Gasteiger partial charge in [0.2, 0.25) is 0 Å². The smallest absolute Gasteiger partial charge is 0.407 e. The Morgan fingerprint density at radius 3 is 2.59 bits per heavy atom. The summed E-state index contributed by atoms with van der Waals surface area (Å²) in [7, 11) is 0. The molecule has 1 atom stereocenters. The predicted octanol–water partition coefficient (Wildman–Crippen LogP) is 2.89. The Morgan fingerprint density at radius 2 is 2.05 bits per heavy atom. The van der Waals surface area contributed by atoms with Gasteiger partial charge in [0.05, 0.1) is 0 Å². The van der Waals surface area contributed by atoms with Crippen LogP contribution in [0.3, 0.4) is 0 Å². The quantitative estimate of drug-likeness (QED) is 0.800. The lowest BCUT2D eigenvalue weighted by molar-refractivity contribution is 0.0523. The highest BCUT2D eigenvalue weighted by molar-refractivity contribution is 5.67. The molecule has 0 aliphatic carbocycles. The van der Waals surface area contributed by atoms with Crippen molar-refractivity contribution in [1.82, 2.24) is 10.6 Å². The average Bonchev–Trinajstić information content (AvgIpc) is 2.87. The van der Waals surface area contributed by atoms with E-state index in [2.05, 4.69) is 10.6 Å². The van der Waals surface area contributed by atoms with Gasteiger partial charge < -0.3 is 20.5 Å². The van der Waals surface area contributed by atoms with Crippen LogP contribution in [0.25, 0.3) is 0 Å². The van der Waals surface area contributed by atoms with Gasteiger partial charge in [0.25, 0.3) is 0 Å². The van der Waals surface area contributed by atoms with Crippen molar-refractivity contribution in [3.8, 4) is 5.75 Å². The van der Waals surface area contributed by atoms with Crippen LogP contribution in [0.2, 0.25) is 0 Å². The molecule has 1 unspecified atom stereocenters. The SMILES string of the molecule is CC(C)(C)OC(=O)NCCC1(c2ccc(O)cc2)CCCN1. The summed E-state index contributed by atoms with van der Waals surface area (Å²) < 4.78 is 5.25. The molecule has 1 aromatic rings. The van der Waals surface area contributed by atoms with E-state index >= 15 is 0 Å². The van der Waals surface area contributed by atoms with Crippen LogP contribution in [-0.2, 0) is 10.3 Å². The molecule has 1 aliphatic heterocycles. The van der Waals surface area contributed by atoms with E-state index in [1.807, 2.05) is 32.9 Å². The fourth-order valence-electron chi connectivity index (χ4n) is 2.88. The number of amides is 1. The van der Waals surface area contributed by atoms with E-state index in [0.29, 0.717) is 6.54 Å². The van der Waals surface area contributed by atoms with Crippen molar-refractivity contribution in [2.24, 2.45) is 0 Å². The lowest BCUT2D eigenvalue weighted by Gasteiger charge is -2.30. The molecule has 1 fully saturated rings. The Labute approximate surface area is 132 Å². The summed E-state index contributed by atoms with van der Waals surface area (Å²) in [6, 6.07) is 7.30. The van der Waals surface area contributed by atoms with Gasteiger partial charge in [0.1, 0.15) is 11.4 Å². The first-order valence-electron chi connectivity index (χ1n) is 7.82. The Balaban J connectivity index is 1.95. The van der Waals surface area contributed by atoms with E-state index in [-0.39, 0.29) is 17.4 Å². The second-order valence-electron chi connectivity index (χ2n) is 6.84. The van der Waals surface area contributed by atoms with E-state index in [0.717, 1.165) is 31.4 Å². The monoisotopic (exact) mass is 306 g/mol. The molecule has 0 radical (unpaired) electrons. The van der Waals surface area contributed by atoms with E-state index in [4.69, 9.17) is 4.74 Å². The number of nitrogens with one attached hydrogen (secondary N) is 2. The Morgan fingerprint density at radius 1 is 1.36 bits per heavy atom. The third-order valence-electron chi connectivity index (χ3n) is 3.88. The minimum absolute atomic E-state index is 0.136. The fourth-order valence-corrected chi connectivity index (χ4v) is 2.88. The summed E-state index contributed by atoms with van der Waals surface area (Å²) in [5.41, 5.74) is 0.529. The first kappa shape index (κ1) is 16.6. The molecule has 22 heavy (non-hydrogen) atoms. The lowest BCUT2D eigenvalue weighted by atomic mass is 9.85. The third-order valence-corrected chi connectivity index (χ3v) is 3.88. The van der Waals surface area contributed by atoms with Gasteiger partial charge >= 0.3 is 6.09 Å². The van der Waals surface area contributed by atoms with E-state index in [1.165, 1.54) is 0 Å². The van der Waals surface area contributed by atoms with Crippen molar-refractivity contribution in [3.63, 3.8) is 0 Å². The molecule has 1 amide bonds. The molecule has 1 saturated heterocycles. The average molecular weight is 306 g/mol. The topological polar surface area (TPSA) is 70.6 Å². The van der Waals surface area contributed by atoms with Crippen LogP contribution < -0.4 is 10.6 Å². The van der Waals surface area contributed by atoms with Crippen LogP contribution >= 0.6 is 0 Å². The van der Waals surface area contributed by atoms with Gasteiger partial charge in [-0.1, -0.05) is 12.1 Å². The first-order chi connectivity index (χ1) is 10.3.